The average molecular weight is 290 g/mol. The van der Waals surface area contributed by atoms with E-state index in [4.69, 9.17) is 11.5 Å². The van der Waals surface area contributed by atoms with Crippen molar-refractivity contribution in [1.29, 1.82) is 0 Å². The van der Waals surface area contributed by atoms with E-state index in [0.717, 1.165) is 18.5 Å². The number of anilines is 1. The Morgan fingerprint density at radius 1 is 1.19 bits per heavy atom. The van der Waals surface area contributed by atoms with Crippen molar-refractivity contribution in [3.63, 3.8) is 0 Å². The van der Waals surface area contributed by atoms with E-state index in [9.17, 15) is 9.59 Å². The van der Waals surface area contributed by atoms with E-state index in [0.29, 0.717) is 30.9 Å². The molecule has 0 spiro atoms. The highest BCUT2D eigenvalue weighted by Crippen LogP contribution is 2.16. The first kappa shape index (κ1) is 15.3. The van der Waals surface area contributed by atoms with E-state index in [-0.39, 0.29) is 18.4 Å². The minimum Gasteiger partial charge on any atom is -0.399 e. The van der Waals surface area contributed by atoms with Crippen LogP contribution in [0.4, 0.5) is 5.69 Å². The van der Waals surface area contributed by atoms with Gasteiger partial charge in [-0.25, -0.2) is 0 Å². The van der Waals surface area contributed by atoms with Crippen LogP contribution in [0.25, 0.3) is 0 Å². The van der Waals surface area contributed by atoms with Crippen LogP contribution in [0, 0.1) is 6.92 Å². The molecule has 0 atom stereocenters. The molecular formula is C15H22N4O2. The van der Waals surface area contributed by atoms with E-state index in [1.54, 1.807) is 12.1 Å². The van der Waals surface area contributed by atoms with Crippen LogP contribution >= 0.6 is 0 Å². The Labute approximate surface area is 124 Å². The summed E-state index contributed by atoms with van der Waals surface area (Å²) in [6.07, 6.45) is 0.840. The first-order valence-electron chi connectivity index (χ1n) is 7.13. The Morgan fingerprint density at radius 3 is 2.62 bits per heavy atom. The van der Waals surface area contributed by atoms with Gasteiger partial charge in [-0.1, -0.05) is 0 Å². The molecule has 0 radical (unpaired) electrons. The number of amides is 2. The summed E-state index contributed by atoms with van der Waals surface area (Å²) in [5, 5.41) is 0. The van der Waals surface area contributed by atoms with Crippen LogP contribution in [0.15, 0.2) is 18.2 Å². The molecule has 1 aliphatic rings. The van der Waals surface area contributed by atoms with Gasteiger partial charge in [-0.2, -0.15) is 0 Å². The molecule has 1 heterocycles. The summed E-state index contributed by atoms with van der Waals surface area (Å²) in [5.74, 6) is -0.308. The normalized spacial score (nSPS) is 16.5. The first-order valence-corrected chi connectivity index (χ1v) is 7.13. The van der Waals surface area contributed by atoms with Gasteiger partial charge in [0.15, 0.2) is 0 Å². The van der Waals surface area contributed by atoms with Gasteiger partial charge in [0.05, 0.1) is 6.54 Å². The Bertz CT molecular complexity index is 544. The number of hydrogen-bond acceptors (Lipinski definition) is 4. The number of primary amides is 1. The number of benzene rings is 1. The Hall–Kier alpha value is -2.08. The van der Waals surface area contributed by atoms with Gasteiger partial charge in [0.1, 0.15) is 0 Å². The predicted octanol–water partition coefficient (Wildman–Crippen LogP) is 0.210. The standard InChI is InChI=1S/C15H22N4O2/c1-11-9-12(16)3-4-13(11)15(21)19-6-2-5-18(7-8-19)10-14(17)20/h3-4,9H,2,5-8,10,16H2,1H3,(H2,17,20). The number of nitrogens with zero attached hydrogens (tertiary/aromatic N) is 2. The predicted molar refractivity (Wildman–Crippen MR) is 81.7 cm³/mol. The van der Waals surface area contributed by atoms with Gasteiger partial charge in [-0.15, -0.1) is 0 Å². The smallest absolute Gasteiger partial charge is 0.254 e. The lowest BCUT2D eigenvalue weighted by molar-refractivity contribution is -0.119. The highest BCUT2D eigenvalue weighted by atomic mass is 16.2. The summed E-state index contributed by atoms with van der Waals surface area (Å²) in [7, 11) is 0. The second-order valence-corrected chi connectivity index (χ2v) is 5.46. The second kappa shape index (κ2) is 6.58. The quantitative estimate of drug-likeness (QED) is 0.778. The summed E-state index contributed by atoms with van der Waals surface area (Å²) >= 11 is 0. The number of nitrogen functional groups attached to an aromatic ring is 1. The molecule has 1 aliphatic heterocycles. The Balaban J connectivity index is 2.04. The average Bonchev–Trinajstić information content (AvgIpc) is 2.63. The van der Waals surface area contributed by atoms with Crippen LogP contribution in [-0.2, 0) is 4.79 Å². The number of rotatable bonds is 3. The van der Waals surface area contributed by atoms with Gasteiger partial charge in [-0.05, 0) is 37.1 Å². The van der Waals surface area contributed by atoms with Crippen molar-refractivity contribution in [2.24, 2.45) is 5.73 Å². The van der Waals surface area contributed by atoms with E-state index >= 15 is 0 Å². The molecule has 114 valence electrons. The fourth-order valence-corrected chi connectivity index (χ4v) is 2.65. The molecule has 0 unspecified atom stereocenters. The van der Waals surface area contributed by atoms with Crippen LogP contribution in [0.2, 0.25) is 0 Å². The monoisotopic (exact) mass is 290 g/mol. The third-order valence-corrected chi connectivity index (χ3v) is 3.74. The van der Waals surface area contributed by atoms with Crippen molar-refractivity contribution in [3.8, 4) is 0 Å². The van der Waals surface area contributed by atoms with Crippen molar-refractivity contribution in [3.05, 3.63) is 29.3 Å². The van der Waals surface area contributed by atoms with E-state index < -0.39 is 0 Å². The summed E-state index contributed by atoms with van der Waals surface area (Å²) < 4.78 is 0. The third-order valence-electron chi connectivity index (χ3n) is 3.74. The van der Waals surface area contributed by atoms with E-state index in [1.807, 2.05) is 22.8 Å². The van der Waals surface area contributed by atoms with Crippen molar-refractivity contribution in [2.75, 3.05) is 38.5 Å². The zero-order valence-corrected chi connectivity index (χ0v) is 12.3. The molecule has 0 saturated carbocycles. The fraction of sp³-hybridized carbons (Fsp3) is 0.467. The summed E-state index contributed by atoms with van der Waals surface area (Å²) in [6, 6.07) is 5.33. The molecule has 0 aliphatic carbocycles. The van der Waals surface area contributed by atoms with Crippen molar-refractivity contribution < 1.29 is 9.59 Å². The van der Waals surface area contributed by atoms with Gasteiger partial charge in [0.2, 0.25) is 5.91 Å². The maximum Gasteiger partial charge on any atom is 0.254 e. The number of carbonyl (C=O) groups is 2. The molecule has 2 amide bonds. The third kappa shape index (κ3) is 3.95. The molecule has 0 aromatic heterocycles. The highest BCUT2D eigenvalue weighted by molar-refractivity contribution is 5.96. The number of nitrogens with two attached hydrogens (primary N) is 2. The highest BCUT2D eigenvalue weighted by Gasteiger charge is 2.21. The van der Waals surface area contributed by atoms with Crippen LogP contribution in [-0.4, -0.2) is 54.3 Å². The Kier molecular flexibility index (Phi) is 4.80. The second-order valence-electron chi connectivity index (χ2n) is 5.46. The van der Waals surface area contributed by atoms with Crippen LogP contribution in [0.1, 0.15) is 22.3 Å². The molecule has 4 N–H and O–H groups in total. The van der Waals surface area contributed by atoms with Crippen molar-refractivity contribution in [2.45, 2.75) is 13.3 Å². The van der Waals surface area contributed by atoms with Gasteiger partial charge in [0, 0.05) is 37.4 Å². The zero-order chi connectivity index (χ0) is 15.4. The molecule has 6 heteroatoms. The maximum absolute atomic E-state index is 12.6. The van der Waals surface area contributed by atoms with Gasteiger partial charge in [-0.3, -0.25) is 14.5 Å². The number of hydrogen-bond donors (Lipinski definition) is 2. The largest absolute Gasteiger partial charge is 0.399 e. The lowest BCUT2D eigenvalue weighted by Gasteiger charge is -2.22. The topological polar surface area (TPSA) is 92.7 Å². The van der Waals surface area contributed by atoms with Crippen LogP contribution < -0.4 is 11.5 Å². The number of aryl methyl sites for hydroxylation is 1. The van der Waals surface area contributed by atoms with E-state index in [1.165, 1.54) is 0 Å². The molecule has 0 bridgehead atoms. The lowest BCUT2D eigenvalue weighted by Crippen LogP contribution is -2.38. The van der Waals surface area contributed by atoms with Crippen LogP contribution in [0.5, 0.6) is 0 Å². The van der Waals surface area contributed by atoms with Crippen molar-refractivity contribution in [1.82, 2.24) is 9.80 Å². The number of carbonyl (C=O) groups excluding carboxylic acids is 2. The molecular weight excluding hydrogens is 268 g/mol. The minimum absolute atomic E-state index is 0.0217. The van der Waals surface area contributed by atoms with Crippen molar-refractivity contribution >= 4 is 17.5 Å². The molecule has 2 rings (SSSR count). The summed E-state index contributed by atoms with van der Waals surface area (Å²) in [5.41, 5.74) is 13.2. The minimum atomic E-state index is -0.329. The van der Waals surface area contributed by atoms with E-state index in [2.05, 4.69) is 0 Å². The maximum atomic E-state index is 12.6. The molecule has 21 heavy (non-hydrogen) atoms. The summed E-state index contributed by atoms with van der Waals surface area (Å²) in [6.45, 7) is 4.90. The Morgan fingerprint density at radius 2 is 1.95 bits per heavy atom. The lowest BCUT2D eigenvalue weighted by atomic mass is 10.1. The summed E-state index contributed by atoms with van der Waals surface area (Å²) in [4.78, 5) is 27.4. The van der Waals surface area contributed by atoms with Gasteiger partial charge in [0.25, 0.3) is 5.91 Å². The van der Waals surface area contributed by atoms with Crippen LogP contribution in [0.3, 0.4) is 0 Å². The molecule has 6 nitrogen and oxygen atoms in total. The van der Waals surface area contributed by atoms with Gasteiger partial charge < -0.3 is 16.4 Å². The first-order chi connectivity index (χ1) is 9.97. The zero-order valence-electron chi connectivity index (χ0n) is 12.3. The SMILES string of the molecule is Cc1cc(N)ccc1C(=O)N1CCCN(CC(N)=O)CC1. The molecule has 1 aromatic carbocycles. The molecule has 1 aromatic rings. The fourth-order valence-electron chi connectivity index (χ4n) is 2.65. The van der Waals surface area contributed by atoms with Gasteiger partial charge >= 0.3 is 0 Å². The molecule has 1 saturated heterocycles. The molecule has 1 fully saturated rings.